The van der Waals surface area contributed by atoms with E-state index in [1.807, 2.05) is 11.9 Å². The van der Waals surface area contributed by atoms with Gasteiger partial charge in [0.05, 0.1) is 0 Å². The third-order valence-corrected chi connectivity index (χ3v) is 5.44. The highest BCUT2D eigenvalue weighted by molar-refractivity contribution is 14.0. The number of nitrogens with one attached hydrogen (secondary N) is 1. The van der Waals surface area contributed by atoms with Crippen LogP contribution >= 0.6 is 24.0 Å². The van der Waals surface area contributed by atoms with Crippen LogP contribution < -0.4 is 10.2 Å². The summed E-state index contributed by atoms with van der Waals surface area (Å²) in [5.74, 6) is 1.17. The first-order valence-corrected chi connectivity index (χ1v) is 9.91. The first kappa shape index (κ1) is 22.7. The largest absolute Gasteiger partial charge is 0.368 e. The first-order chi connectivity index (χ1) is 13.2. The number of guanidine groups is 1. The Morgan fingerprint density at radius 1 is 0.964 bits per heavy atom. The van der Waals surface area contributed by atoms with Crippen LogP contribution in [0.5, 0.6) is 0 Å². The van der Waals surface area contributed by atoms with E-state index in [2.05, 4.69) is 55.3 Å². The number of carbonyl (C=O) groups excluding carboxylic acids is 1. The summed E-state index contributed by atoms with van der Waals surface area (Å²) < 4.78 is 0. The van der Waals surface area contributed by atoms with E-state index >= 15 is 0 Å². The monoisotopic (exact) mass is 500 g/mol. The topological polar surface area (TPSA) is 54.4 Å². The van der Waals surface area contributed by atoms with Crippen LogP contribution in [0.15, 0.2) is 35.3 Å². The zero-order valence-corrected chi connectivity index (χ0v) is 19.3. The van der Waals surface area contributed by atoms with Crippen molar-refractivity contribution in [2.24, 2.45) is 4.99 Å². The lowest BCUT2D eigenvalue weighted by Crippen LogP contribution is -2.54. The van der Waals surface area contributed by atoms with E-state index in [0.717, 1.165) is 71.4 Å². The number of rotatable bonds is 4. The van der Waals surface area contributed by atoms with Crippen LogP contribution in [0.25, 0.3) is 0 Å². The third-order valence-electron chi connectivity index (χ3n) is 5.44. The molecule has 1 aromatic carbocycles. The summed E-state index contributed by atoms with van der Waals surface area (Å²) >= 11 is 0. The number of halogens is 1. The molecule has 0 spiro atoms. The first-order valence-electron chi connectivity index (χ1n) is 9.91. The Balaban J connectivity index is 0.00000280. The van der Waals surface area contributed by atoms with Crippen LogP contribution in [0.2, 0.25) is 0 Å². The number of amides is 1. The van der Waals surface area contributed by atoms with E-state index in [1.165, 1.54) is 5.69 Å². The summed E-state index contributed by atoms with van der Waals surface area (Å²) in [4.78, 5) is 25.0. The number of nitrogens with zero attached hydrogens (tertiary/aromatic N) is 5. The Bertz CT molecular complexity index is 625. The second kappa shape index (κ2) is 11.5. The van der Waals surface area contributed by atoms with Gasteiger partial charge in [0.1, 0.15) is 0 Å². The quantitative estimate of drug-likeness (QED) is 0.382. The molecule has 0 bridgehead atoms. The second-order valence-corrected chi connectivity index (χ2v) is 7.13. The number of piperazine rings is 2. The molecule has 1 aromatic rings. The standard InChI is InChI=1S/C20H32N6O.HI/c1-18(27)24-12-10-23(11-13-24)9-8-22-20(21-2)26-16-14-25(15-17-26)19-6-4-3-5-7-19;/h3-7H,8-17H2,1-2H3,(H,21,22);1H. The van der Waals surface area contributed by atoms with Crippen molar-refractivity contribution >= 4 is 41.5 Å². The molecule has 156 valence electrons. The van der Waals surface area contributed by atoms with Crippen molar-refractivity contribution in [1.82, 2.24) is 20.0 Å². The van der Waals surface area contributed by atoms with Gasteiger partial charge in [0, 0.05) is 85.1 Å². The normalized spacial score (nSPS) is 18.6. The van der Waals surface area contributed by atoms with Gasteiger partial charge in [-0.15, -0.1) is 24.0 Å². The molecule has 2 fully saturated rings. The number of hydrogen-bond donors (Lipinski definition) is 1. The van der Waals surface area contributed by atoms with E-state index in [4.69, 9.17) is 0 Å². The van der Waals surface area contributed by atoms with Gasteiger partial charge in [0.15, 0.2) is 5.96 Å². The Morgan fingerprint density at radius 3 is 2.14 bits per heavy atom. The predicted octanol–water partition coefficient (Wildman–Crippen LogP) is 1.17. The van der Waals surface area contributed by atoms with E-state index in [-0.39, 0.29) is 29.9 Å². The maximum absolute atomic E-state index is 11.4. The van der Waals surface area contributed by atoms with Crippen LogP contribution in [0.1, 0.15) is 6.92 Å². The lowest BCUT2D eigenvalue weighted by atomic mass is 10.2. The molecule has 0 unspecified atom stereocenters. The van der Waals surface area contributed by atoms with Crippen LogP contribution in [0.3, 0.4) is 0 Å². The van der Waals surface area contributed by atoms with Crippen molar-refractivity contribution in [2.45, 2.75) is 6.92 Å². The fourth-order valence-corrected chi connectivity index (χ4v) is 3.76. The highest BCUT2D eigenvalue weighted by Crippen LogP contribution is 2.15. The Morgan fingerprint density at radius 2 is 1.57 bits per heavy atom. The average Bonchev–Trinajstić information content (AvgIpc) is 2.72. The molecule has 0 radical (unpaired) electrons. The van der Waals surface area contributed by atoms with Crippen LogP contribution in [0, 0.1) is 0 Å². The van der Waals surface area contributed by atoms with Gasteiger partial charge in [-0.1, -0.05) is 18.2 Å². The maximum Gasteiger partial charge on any atom is 0.219 e. The number of hydrogen-bond acceptors (Lipinski definition) is 4. The molecular formula is C20H33IN6O. The molecule has 0 saturated carbocycles. The molecule has 2 aliphatic heterocycles. The highest BCUT2D eigenvalue weighted by atomic mass is 127. The minimum Gasteiger partial charge on any atom is -0.368 e. The molecule has 7 nitrogen and oxygen atoms in total. The van der Waals surface area contributed by atoms with Crippen molar-refractivity contribution in [2.75, 3.05) is 77.4 Å². The van der Waals surface area contributed by atoms with Crippen molar-refractivity contribution < 1.29 is 4.79 Å². The van der Waals surface area contributed by atoms with Crippen molar-refractivity contribution in [3.63, 3.8) is 0 Å². The van der Waals surface area contributed by atoms with E-state index in [1.54, 1.807) is 6.92 Å². The van der Waals surface area contributed by atoms with Crippen molar-refractivity contribution in [1.29, 1.82) is 0 Å². The fraction of sp³-hybridized carbons (Fsp3) is 0.600. The molecule has 1 amide bonds. The Labute approximate surface area is 185 Å². The molecule has 2 saturated heterocycles. The molecule has 3 rings (SSSR count). The third kappa shape index (κ3) is 6.23. The van der Waals surface area contributed by atoms with Crippen molar-refractivity contribution in [3.05, 3.63) is 30.3 Å². The fourth-order valence-electron chi connectivity index (χ4n) is 3.76. The molecule has 2 heterocycles. The summed E-state index contributed by atoms with van der Waals surface area (Å²) in [6.45, 7) is 11.1. The molecule has 0 atom stereocenters. The SMILES string of the molecule is CN=C(NCCN1CCN(C(C)=O)CC1)N1CCN(c2ccccc2)CC1.I. The average molecular weight is 500 g/mol. The number of anilines is 1. The summed E-state index contributed by atoms with van der Waals surface area (Å²) in [5.41, 5.74) is 1.30. The smallest absolute Gasteiger partial charge is 0.219 e. The van der Waals surface area contributed by atoms with E-state index < -0.39 is 0 Å². The van der Waals surface area contributed by atoms with Gasteiger partial charge in [0.25, 0.3) is 0 Å². The Kier molecular flexibility index (Phi) is 9.30. The van der Waals surface area contributed by atoms with Gasteiger partial charge in [-0.3, -0.25) is 14.7 Å². The van der Waals surface area contributed by atoms with E-state index in [0.29, 0.717) is 0 Å². The van der Waals surface area contributed by atoms with Crippen LogP contribution in [-0.2, 0) is 4.79 Å². The molecule has 1 N–H and O–H groups in total. The summed E-state index contributed by atoms with van der Waals surface area (Å²) in [6.07, 6.45) is 0. The predicted molar refractivity (Wildman–Crippen MR) is 126 cm³/mol. The maximum atomic E-state index is 11.4. The summed E-state index contributed by atoms with van der Waals surface area (Å²) in [7, 11) is 1.86. The molecule has 0 aliphatic carbocycles. The van der Waals surface area contributed by atoms with Gasteiger partial charge in [-0.05, 0) is 12.1 Å². The lowest BCUT2D eigenvalue weighted by Gasteiger charge is -2.38. The highest BCUT2D eigenvalue weighted by Gasteiger charge is 2.21. The zero-order chi connectivity index (χ0) is 19.1. The summed E-state index contributed by atoms with van der Waals surface area (Å²) in [5, 5.41) is 3.51. The molecule has 28 heavy (non-hydrogen) atoms. The number of benzene rings is 1. The van der Waals surface area contributed by atoms with Crippen molar-refractivity contribution in [3.8, 4) is 0 Å². The van der Waals surface area contributed by atoms with Gasteiger partial charge in [0.2, 0.25) is 5.91 Å². The lowest BCUT2D eigenvalue weighted by molar-refractivity contribution is -0.130. The number of carbonyl (C=O) groups is 1. The molecule has 2 aliphatic rings. The second-order valence-electron chi connectivity index (χ2n) is 7.13. The number of aliphatic imine (C=N–C) groups is 1. The summed E-state index contributed by atoms with van der Waals surface area (Å²) in [6, 6.07) is 10.6. The van der Waals surface area contributed by atoms with Crippen LogP contribution in [0.4, 0.5) is 5.69 Å². The molecular weight excluding hydrogens is 467 g/mol. The van der Waals surface area contributed by atoms with Gasteiger partial charge >= 0.3 is 0 Å². The van der Waals surface area contributed by atoms with Crippen LogP contribution in [-0.4, -0.2) is 99.1 Å². The number of para-hydroxylation sites is 1. The van der Waals surface area contributed by atoms with E-state index in [9.17, 15) is 4.79 Å². The van der Waals surface area contributed by atoms with Gasteiger partial charge in [-0.25, -0.2) is 0 Å². The minimum atomic E-state index is 0. The van der Waals surface area contributed by atoms with Gasteiger partial charge < -0.3 is 20.0 Å². The minimum absolute atomic E-state index is 0. The molecule has 0 aromatic heterocycles. The molecule has 8 heteroatoms. The van der Waals surface area contributed by atoms with Gasteiger partial charge in [-0.2, -0.15) is 0 Å². The zero-order valence-electron chi connectivity index (χ0n) is 17.0. The Hall–Kier alpha value is -1.55.